The van der Waals surface area contributed by atoms with Gasteiger partial charge in [0, 0.05) is 24.5 Å². The summed E-state index contributed by atoms with van der Waals surface area (Å²) in [6.07, 6.45) is -1.11. The average Bonchev–Trinajstić information content (AvgIpc) is 2.59. The molecule has 130 valence electrons. The topological polar surface area (TPSA) is 51.8 Å². The maximum atomic E-state index is 12.5. The fraction of sp³-hybridized carbons (Fsp3) is 0.263. The largest absolute Gasteiger partial charge is 0.393 e. The van der Waals surface area contributed by atoms with Crippen molar-refractivity contribution in [2.45, 2.75) is 32.5 Å². The summed E-state index contributed by atoms with van der Waals surface area (Å²) in [4.78, 5) is 8.89. The third-order valence-corrected chi connectivity index (χ3v) is 4.19. The molecule has 0 atom stereocenters. The van der Waals surface area contributed by atoms with Gasteiger partial charge in [0.05, 0.1) is 17.5 Å². The van der Waals surface area contributed by atoms with Crippen LogP contribution in [0.4, 0.5) is 13.2 Å². The number of hydrogen-bond acceptors (Lipinski definition) is 3. The van der Waals surface area contributed by atoms with Crippen molar-refractivity contribution >= 4 is 11.0 Å². The SMILES string of the molecule is CCc1c(CN)cc(-c2ccc(CC(F)(F)F)cc2)c2nccnc12. The van der Waals surface area contributed by atoms with Crippen LogP contribution < -0.4 is 5.73 Å². The number of hydrogen-bond donors (Lipinski definition) is 1. The van der Waals surface area contributed by atoms with E-state index in [-0.39, 0.29) is 5.56 Å². The maximum absolute atomic E-state index is 12.5. The lowest BCUT2D eigenvalue weighted by atomic mass is 9.94. The van der Waals surface area contributed by atoms with Crippen molar-refractivity contribution in [1.29, 1.82) is 0 Å². The quantitative estimate of drug-likeness (QED) is 0.761. The van der Waals surface area contributed by atoms with Crippen LogP contribution in [0.25, 0.3) is 22.2 Å². The van der Waals surface area contributed by atoms with Gasteiger partial charge in [-0.15, -0.1) is 0 Å². The van der Waals surface area contributed by atoms with Gasteiger partial charge in [-0.05, 0) is 34.7 Å². The van der Waals surface area contributed by atoms with E-state index in [9.17, 15) is 13.2 Å². The molecule has 1 aromatic heterocycles. The predicted molar refractivity (Wildman–Crippen MR) is 92.0 cm³/mol. The lowest BCUT2D eigenvalue weighted by Gasteiger charge is -2.14. The molecule has 0 saturated heterocycles. The molecule has 0 aliphatic rings. The first-order valence-corrected chi connectivity index (χ1v) is 8.04. The van der Waals surface area contributed by atoms with Crippen LogP contribution in [0.3, 0.4) is 0 Å². The van der Waals surface area contributed by atoms with Gasteiger partial charge in [0.1, 0.15) is 0 Å². The van der Waals surface area contributed by atoms with E-state index in [0.717, 1.165) is 39.7 Å². The van der Waals surface area contributed by atoms with Gasteiger partial charge in [-0.2, -0.15) is 13.2 Å². The predicted octanol–water partition coefficient (Wildman–Crippen LogP) is 4.42. The summed E-state index contributed by atoms with van der Waals surface area (Å²) in [7, 11) is 0. The van der Waals surface area contributed by atoms with Gasteiger partial charge in [-0.3, -0.25) is 9.97 Å². The zero-order valence-electron chi connectivity index (χ0n) is 13.8. The summed E-state index contributed by atoms with van der Waals surface area (Å²) < 4.78 is 37.6. The van der Waals surface area contributed by atoms with Gasteiger partial charge in [0.2, 0.25) is 0 Å². The molecule has 25 heavy (non-hydrogen) atoms. The zero-order valence-corrected chi connectivity index (χ0v) is 13.8. The molecule has 2 N–H and O–H groups in total. The van der Waals surface area contributed by atoms with E-state index in [4.69, 9.17) is 5.73 Å². The summed E-state index contributed by atoms with van der Waals surface area (Å²) in [5, 5.41) is 0. The number of alkyl halides is 3. The summed E-state index contributed by atoms with van der Waals surface area (Å²) in [5.41, 5.74) is 11.3. The van der Waals surface area contributed by atoms with Crippen molar-refractivity contribution in [3.63, 3.8) is 0 Å². The second-order valence-corrected chi connectivity index (χ2v) is 5.86. The molecule has 6 heteroatoms. The minimum atomic E-state index is -4.21. The Kier molecular flexibility index (Phi) is 4.72. The van der Waals surface area contributed by atoms with Gasteiger partial charge < -0.3 is 5.73 Å². The Morgan fingerprint density at radius 1 is 1.00 bits per heavy atom. The van der Waals surface area contributed by atoms with Crippen molar-refractivity contribution in [2.24, 2.45) is 5.73 Å². The van der Waals surface area contributed by atoms with Gasteiger partial charge in [-0.25, -0.2) is 0 Å². The zero-order chi connectivity index (χ0) is 18.0. The number of aromatic nitrogens is 2. The number of aryl methyl sites for hydroxylation is 1. The van der Waals surface area contributed by atoms with Crippen molar-refractivity contribution in [1.82, 2.24) is 9.97 Å². The Bertz CT molecular complexity index is 887. The smallest absolute Gasteiger partial charge is 0.326 e. The molecule has 0 bridgehead atoms. The van der Waals surface area contributed by atoms with Crippen molar-refractivity contribution in [3.05, 3.63) is 59.4 Å². The van der Waals surface area contributed by atoms with E-state index in [1.807, 2.05) is 13.0 Å². The molecule has 3 nitrogen and oxygen atoms in total. The Labute approximate surface area is 143 Å². The first-order valence-electron chi connectivity index (χ1n) is 8.04. The molecule has 0 unspecified atom stereocenters. The molecule has 0 saturated carbocycles. The van der Waals surface area contributed by atoms with Gasteiger partial charge in [-0.1, -0.05) is 31.2 Å². The minimum absolute atomic E-state index is 0.232. The van der Waals surface area contributed by atoms with Crippen LogP contribution >= 0.6 is 0 Å². The molecule has 0 aliphatic heterocycles. The molecule has 0 spiro atoms. The van der Waals surface area contributed by atoms with E-state index < -0.39 is 12.6 Å². The van der Waals surface area contributed by atoms with Crippen molar-refractivity contribution in [2.75, 3.05) is 0 Å². The highest BCUT2D eigenvalue weighted by Gasteiger charge is 2.27. The summed E-state index contributed by atoms with van der Waals surface area (Å²) >= 11 is 0. The van der Waals surface area contributed by atoms with E-state index in [1.165, 1.54) is 12.1 Å². The van der Waals surface area contributed by atoms with Crippen LogP contribution in [-0.2, 0) is 19.4 Å². The molecular weight excluding hydrogens is 327 g/mol. The molecule has 3 aromatic rings. The van der Waals surface area contributed by atoms with Crippen molar-refractivity contribution < 1.29 is 13.2 Å². The van der Waals surface area contributed by atoms with Crippen molar-refractivity contribution in [3.8, 4) is 11.1 Å². The van der Waals surface area contributed by atoms with Crippen LogP contribution in [0, 0.1) is 0 Å². The molecule has 2 aromatic carbocycles. The van der Waals surface area contributed by atoms with Crippen LogP contribution in [0.15, 0.2) is 42.7 Å². The third kappa shape index (κ3) is 3.64. The summed E-state index contributed by atoms with van der Waals surface area (Å²) in [6.45, 7) is 2.41. The highest BCUT2D eigenvalue weighted by atomic mass is 19.4. The number of benzene rings is 2. The van der Waals surface area contributed by atoms with Crippen LogP contribution in [-0.4, -0.2) is 16.1 Å². The molecule has 3 rings (SSSR count). The number of nitrogens with zero attached hydrogens (tertiary/aromatic N) is 2. The van der Waals surface area contributed by atoms with Crippen LogP contribution in [0.2, 0.25) is 0 Å². The van der Waals surface area contributed by atoms with E-state index in [0.29, 0.717) is 6.54 Å². The molecule has 0 amide bonds. The minimum Gasteiger partial charge on any atom is -0.326 e. The van der Waals surface area contributed by atoms with Crippen LogP contribution in [0.1, 0.15) is 23.6 Å². The summed E-state index contributed by atoms with van der Waals surface area (Å²) in [5.74, 6) is 0. The van der Waals surface area contributed by atoms with Gasteiger partial charge in [0.25, 0.3) is 0 Å². The van der Waals surface area contributed by atoms with Crippen LogP contribution in [0.5, 0.6) is 0 Å². The Morgan fingerprint density at radius 2 is 1.64 bits per heavy atom. The van der Waals surface area contributed by atoms with Gasteiger partial charge in [0.15, 0.2) is 0 Å². The Morgan fingerprint density at radius 3 is 2.20 bits per heavy atom. The maximum Gasteiger partial charge on any atom is 0.393 e. The average molecular weight is 345 g/mol. The van der Waals surface area contributed by atoms with Gasteiger partial charge >= 0.3 is 6.18 Å². The first-order chi connectivity index (χ1) is 11.9. The standard InChI is InChI=1S/C19H18F3N3/c1-2-15-14(11-23)9-16(18-17(15)24-7-8-25-18)13-5-3-12(4-6-13)10-19(20,21)22/h3-9H,2,10-11,23H2,1H3. The number of fused-ring (bicyclic) bond motifs is 1. The second kappa shape index (κ2) is 6.80. The molecule has 0 aliphatic carbocycles. The normalized spacial score (nSPS) is 11.9. The number of rotatable bonds is 4. The van der Waals surface area contributed by atoms with E-state index in [2.05, 4.69) is 9.97 Å². The lowest BCUT2D eigenvalue weighted by molar-refractivity contribution is -0.127. The Hall–Kier alpha value is -2.47. The molecule has 0 fully saturated rings. The first kappa shape index (κ1) is 17.4. The summed E-state index contributed by atoms with van der Waals surface area (Å²) in [6, 6.07) is 8.35. The highest BCUT2D eigenvalue weighted by Crippen LogP contribution is 2.32. The molecule has 1 heterocycles. The third-order valence-electron chi connectivity index (χ3n) is 4.19. The molecule has 0 radical (unpaired) electrons. The van der Waals surface area contributed by atoms with E-state index in [1.54, 1.807) is 24.5 Å². The monoisotopic (exact) mass is 345 g/mol. The lowest BCUT2D eigenvalue weighted by Crippen LogP contribution is -2.11. The fourth-order valence-electron chi connectivity index (χ4n) is 3.07. The van der Waals surface area contributed by atoms with E-state index >= 15 is 0 Å². The number of nitrogens with two attached hydrogens (primary N) is 1. The molecular formula is C19H18F3N3. The fourth-order valence-corrected chi connectivity index (χ4v) is 3.07. The second-order valence-electron chi connectivity index (χ2n) is 5.86. The highest BCUT2D eigenvalue weighted by molar-refractivity contribution is 5.94. The number of halogens is 3. The Balaban J connectivity index is 2.12.